The van der Waals surface area contributed by atoms with E-state index in [1.54, 1.807) is 0 Å². The van der Waals surface area contributed by atoms with Crippen LogP contribution >= 0.6 is 0 Å². The second-order valence-corrected chi connectivity index (χ2v) is 4.44. The molecule has 0 aliphatic carbocycles. The van der Waals surface area contributed by atoms with Crippen LogP contribution in [0, 0.1) is 0 Å². The van der Waals surface area contributed by atoms with Gasteiger partial charge in [-0.15, -0.1) is 0 Å². The number of hydrogen-bond donors (Lipinski definition) is 1. The zero-order valence-corrected chi connectivity index (χ0v) is 9.98. The van der Waals surface area contributed by atoms with Crippen molar-refractivity contribution in [3.63, 3.8) is 0 Å². The Bertz CT molecular complexity index is 324. The van der Waals surface area contributed by atoms with E-state index in [4.69, 9.17) is 10.2 Å². The van der Waals surface area contributed by atoms with Gasteiger partial charge < -0.3 is 15.1 Å². The lowest BCUT2D eigenvalue weighted by molar-refractivity contribution is 0.200. The molecule has 1 aromatic heterocycles. The van der Waals surface area contributed by atoms with Crippen molar-refractivity contribution in [1.82, 2.24) is 9.88 Å². The topological polar surface area (TPSA) is 55.3 Å². The van der Waals surface area contributed by atoms with Gasteiger partial charge in [-0.2, -0.15) is 0 Å². The van der Waals surface area contributed by atoms with E-state index in [0.29, 0.717) is 12.5 Å². The molecule has 4 nitrogen and oxygen atoms in total. The molecule has 1 aromatic rings. The smallest absolute Gasteiger partial charge is 0.198 e. The van der Waals surface area contributed by atoms with Crippen LogP contribution in [0.5, 0.6) is 0 Å². The molecule has 16 heavy (non-hydrogen) atoms. The molecule has 1 unspecified atom stereocenters. The van der Waals surface area contributed by atoms with E-state index in [2.05, 4.69) is 16.8 Å². The molecule has 0 amide bonds. The number of oxazole rings is 1. The Morgan fingerprint density at radius 3 is 3.25 bits per heavy atom. The Hall–Kier alpha value is -0.870. The van der Waals surface area contributed by atoms with Gasteiger partial charge in [-0.05, 0) is 32.5 Å². The normalized spacial score (nSPS) is 22.5. The monoisotopic (exact) mass is 223 g/mol. The summed E-state index contributed by atoms with van der Waals surface area (Å²) in [5, 5.41) is 0. The van der Waals surface area contributed by atoms with Crippen molar-refractivity contribution in [3.8, 4) is 0 Å². The van der Waals surface area contributed by atoms with E-state index in [9.17, 15) is 0 Å². The number of likely N-dealkylation sites (tertiary alicyclic amines) is 1. The maximum absolute atomic E-state index is 5.74. The lowest BCUT2D eigenvalue weighted by Gasteiger charge is -2.29. The number of piperidine rings is 1. The number of rotatable bonds is 4. The molecule has 2 N–H and O–H groups in total. The maximum Gasteiger partial charge on any atom is 0.198 e. The van der Waals surface area contributed by atoms with Crippen molar-refractivity contribution in [2.45, 2.75) is 32.1 Å². The van der Waals surface area contributed by atoms with Crippen LogP contribution in [0.25, 0.3) is 0 Å². The highest BCUT2D eigenvalue weighted by Gasteiger charge is 2.23. The van der Waals surface area contributed by atoms with E-state index in [-0.39, 0.29) is 0 Å². The van der Waals surface area contributed by atoms with Crippen molar-refractivity contribution in [1.29, 1.82) is 0 Å². The van der Waals surface area contributed by atoms with Gasteiger partial charge in [-0.1, -0.05) is 6.92 Å². The molecule has 0 saturated carbocycles. The molecule has 1 aliphatic rings. The molecule has 0 radical (unpaired) electrons. The summed E-state index contributed by atoms with van der Waals surface area (Å²) in [5.41, 5.74) is 5.50. The summed E-state index contributed by atoms with van der Waals surface area (Å²) in [7, 11) is 0. The van der Waals surface area contributed by atoms with Crippen LogP contribution in [-0.2, 0) is 6.42 Å². The van der Waals surface area contributed by atoms with E-state index in [0.717, 1.165) is 31.2 Å². The quantitative estimate of drug-likeness (QED) is 0.837. The number of nitrogens with zero attached hydrogens (tertiary/aromatic N) is 2. The summed E-state index contributed by atoms with van der Waals surface area (Å²) in [6, 6.07) is 0. The predicted molar refractivity (Wildman–Crippen MR) is 63.4 cm³/mol. The van der Waals surface area contributed by atoms with Crippen LogP contribution in [0.3, 0.4) is 0 Å². The highest BCUT2D eigenvalue weighted by atomic mass is 16.4. The first-order valence-electron chi connectivity index (χ1n) is 6.20. The molecular formula is C12H21N3O. The number of nitrogens with two attached hydrogens (primary N) is 1. The molecule has 2 heterocycles. The molecule has 4 heteroatoms. The fourth-order valence-corrected chi connectivity index (χ4v) is 2.31. The minimum Gasteiger partial charge on any atom is -0.445 e. The molecule has 1 fully saturated rings. The van der Waals surface area contributed by atoms with E-state index in [1.807, 2.05) is 6.20 Å². The predicted octanol–water partition coefficient (Wildman–Crippen LogP) is 1.38. The molecule has 90 valence electrons. The van der Waals surface area contributed by atoms with Gasteiger partial charge in [0.1, 0.15) is 5.76 Å². The van der Waals surface area contributed by atoms with Crippen LogP contribution in [0.15, 0.2) is 10.6 Å². The SMILES string of the molecule is CCN1CCCC(c2ncc(CCN)o2)C1. The van der Waals surface area contributed by atoms with Gasteiger partial charge in [0.05, 0.1) is 6.20 Å². The van der Waals surface area contributed by atoms with Gasteiger partial charge in [-0.25, -0.2) is 4.98 Å². The van der Waals surface area contributed by atoms with Crippen molar-refractivity contribution >= 4 is 0 Å². The van der Waals surface area contributed by atoms with Gasteiger partial charge in [-0.3, -0.25) is 0 Å². The first kappa shape index (κ1) is 11.6. The first-order valence-corrected chi connectivity index (χ1v) is 6.20. The standard InChI is InChI=1S/C12H21N3O/c1-2-15-7-3-4-10(9-15)12-14-8-11(16-12)5-6-13/h8,10H,2-7,9,13H2,1H3. The van der Waals surface area contributed by atoms with Crippen molar-refractivity contribution in [2.75, 3.05) is 26.2 Å². The van der Waals surface area contributed by atoms with Gasteiger partial charge >= 0.3 is 0 Å². The molecule has 0 bridgehead atoms. The zero-order chi connectivity index (χ0) is 11.4. The lowest BCUT2D eigenvalue weighted by Crippen LogP contribution is -2.34. The summed E-state index contributed by atoms with van der Waals surface area (Å²) in [6.07, 6.45) is 5.05. The number of hydrogen-bond acceptors (Lipinski definition) is 4. The van der Waals surface area contributed by atoms with Crippen molar-refractivity contribution in [2.24, 2.45) is 5.73 Å². The van der Waals surface area contributed by atoms with Crippen LogP contribution in [0.4, 0.5) is 0 Å². The molecule has 1 atom stereocenters. The minimum atomic E-state index is 0.472. The first-order chi connectivity index (χ1) is 7.83. The Morgan fingerprint density at radius 2 is 2.50 bits per heavy atom. The fraction of sp³-hybridized carbons (Fsp3) is 0.750. The van der Waals surface area contributed by atoms with E-state index >= 15 is 0 Å². The summed E-state index contributed by atoms with van der Waals surface area (Å²) >= 11 is 0. The third kappa shape index (κ3) is 2.62. The van der Waals surface area contributed by atoms with Gasteiger partial charge in [0.15, 0.2) is 5.89 Å². The lowest BCUT2D eigenvalue weighted by atomic mass is 9.98. The number of likely N-dealkylation sites (N-methyl/N-ethyl adjacent to an activating group) is 1. The van der Waals surface area contributed by atoms with Crippen LogP contribution < -0.4 is 5.73 Å². The van der Waals surface area contributed by atoms with Crippen LogP contribution in [-0.4, -0.2) is 36.1 Å². The minimum absolute atomic E-state index is 0.472. The summed E-state index contributed by atoms with van der Waals surface area (Å²) in [5.74, 6) is 2.30. The Kier molecular flexibility index (Phi) is 3.96. The maximum atomic E-state index is 5.74. The number of aromatic nitrogens is 1. The van der Waals surface area contributed by atoms with Crippen molar-refractivity contribution in [3.05, 3.63) is 17.8 Å². The third-order valence-corrected chi connectivity index (χ3v) is 3.26. The Morgan fingerprint density at radius 1 is 1.62 bits per heavy atom. The summed E-state index contributed by atoms with van der Waals surface area (Å²) in [6.45, 7) is 6.24. The highest BCUT2D eigenvalue weighted by molar-refractivity contribution is 5.01. The van der Waals surface area contributed by atoms with E-state index in [1.165, 1.54) is 19.4 Å². The van der Waals surface area contributed by atoms with Crippen molar-refractivity contribution < 1.29 is 4.42 Å². The molecule has 1 aliphatic heterocycles. The molecular weight excluding hydrogens is 202 g/mol. The Balaban J connectivity index is 1.99. The second-order valence-electron chi connectivity index (χ2n) is 4.44. The fourth-order valence-electron chi connectivity index (χ4n) is 2.31. The van der Waals surface area contributed by atoms with Crippen LogP contribution in [0.2, 0.25) is 0 Å². The summed E-state index contributed by atoms with van der Waals surface area (Å²) < 4.78 is 5.74. The molecule has 0 aromatic carbocycles. The van der Waals surface area contributed by atoms with Gasteiger partial charge in [0, 0.05) is 18.9 Å². The highest BCUT2D eigenvalue weighted by Crippen LogP contribution is 2.26. The van der Waals surface area contributed by atoms with E-state index < -0.39 is 0 Å². The van der Waals surface area contributed by atoms with Gasteiger partial charge in [0.2, 0.25) is 0 Å². The third-order valence-electron chi connectivity index (χ3n) is 3.26. The zero-order valence-electron chi connectivity index (χ0n) is 9.98. The van der Waals surface area contributed by atoms with Gasteiger partial charge in [0.25, 0.3) is 0 Å². The Labute approximate surface area is 96.8 Å². The molecule has 0 spiro atoms. The molecule has 1 saturated heterocycles. The second kappa shape index (κ2) is 5.46. The van der Waals surface area contributed by atoms with Crippen LogP contribution in [0.1, 0.15) is 37.3 Å². The average Bonchev–Trinajstić information content (AvgIpc) is 2.78. The summed E-state index contributed by atoms with van der Waals surface area (Å²) in [4.78, 5) is 6.84. The molecule has 2 rings (SSSR count). The largest absolute Gasteiger partial charge is 0.445 e. The average molecular weight is 223 g/mol.